The Labute approximate surface area is 116 Å². The maximum absolute atomic E-state index is 12.2. The largest absolute Gasteiger partial charge is 0.391 e. The van der Waals surface area contributed by atoms with Crippen LogP contribution in [-0.4, -0.2) is 50.1 Å². The van der Waals surface area contributed by atoms with Crippen molar-refractivity contribution in [2.24, 2.45) is 0 Å². The minimum Gasteiger partial charge on any atom is -0.391 e. The van der Waals surface area contributed by atoms with Gasteiger partial charge in [-0.15, -0.1) is 5.10 Å². The summed E-state index contributed by atoms with van der Waals surface area (Å²) in [5.74, 6) is -0.180. The Morgan fingerprint density at radius 3 is 3.00 bits per heavy atom. The predicted molar refractivity (Wildman–Crippen MR) is 72.6 cm³/mol. The summed E-state index contributed by atoms with van der Waals surface area (Å²) in [5.41, 5.74) is 2.30. The first-order chi connectivity index (χ1) is 9.63. The van der Waals surface area contributed by atoms with Gasteiger partial charge in [0, 0.05) is 13.1 Å². The Balaban J connectivity index is 1.81. The smallest absolute Gasteiger partial charge is 0.276 e. The van der Waals surface area contributed by atoms with Crippen molar-refractivity contribution >= 4 is 5.91 Å². The van der Waals surface area contributed by atoms with E-state index in [0.29, 0.717) is 25.2 Å². The van der Waals surface area contributed by atoms with Crippen molar-refractivity contribution in [1.82, 2.24) is 19.9 Å². The molecule has 1 atom stereocenters. The molecule has 1 aliphatic heterocycles. The van der Waals surface area contributed by atoms with E-state index in [9.17, 15) is 9.90 Å². The second-order valence-corrected chi connectivity index (χ2v) is 5.08. The minimum absolute atomic E-state index is 0.180. The molecule has 6 heteroatoms. The molecular formula is C14H16N4O2. The van der Waals surface area contributed by atoms with E-state index < -0.39 is 6.10 Å². The lowest BCUT2D eigenvalue weighted by Gasteiger charge is -2.12. The van der Waals surface area contributed by atoms with Crippen molar-refractivity contribution in [2.45, 2.75) is 19.4 Å². The summed E-state index contributed by atoms with van der Waals surface area (Å²) in [6, 6.07) is 7.82. The van der Waals surface area contributed by atoms with Gasteiger partial charge in [-0.2, -0.15) is 0 Å². The zero-order chi connectivity index (χ0) is 14.1. The first-order valence-electron chi connectivity index (χ1n) is 6.60. The van der Waals surface area contributed by atoms with Crippen molar-refractivity contribution in [3.05, 3.63) is 41.7 Å². The fraction of sp³-hybridized carbons (Fsp3) is 0.357. The number of aliphatic hydroxyl groups excluding tert-OH is 1. The zero-order valence-corrected chi connectivity index (χ0v) is 11.2. The van der Waals surface area contributed by atoms with Gasteiger partial charge in [-0.05, 0) is 31.0 Å². The van der Waals surface area contributed by atoms with Crippen molar-refractivity contribution in [2.75, 3.05) is 13.1 Å². The van der Waals surface area contributed by atoms with Crippen LogP contribution in [-0.2, 0) is 0 Å². The average molecular weight is 272 g/mol. The quantitative estimate of drug-likeness (QED) is 0.877. The molecule has 2 heterocycles. The highest BCUT2D eigenvalue weighted by Crippen LogP contribution is 2.14. The van der Waals surface area contributed by atoms with Gasteiger partial charge in [0.2, 0.25) is 0 Å². The summed E-state index contributed by atoms with van der Waals surface area (Å²) in [5, 5.41) is 17.4. The number of carbonyl (C=O) groups excluding carboxylic acids is 1. The highest BCUT2D eigenvalue weighted by atomic mass is 16.3. The Hall–Kier alpha value is -2.21. The van der Waals surface area contributed by atoms with Crippen LogP contribution in [0.5, 0.6) is 0 Å². The third kappa shape index (κ3) is 2.42. The highest BCUT2D eigenvalue weighted by Gasteiger charge is 2.27. The lowest BCUT2D eigenvalue weighted by molar-refractivity contribution is 0.0759. The fourth-order valence-electron chi connectivity index (χ4n) is 2.35. The van der Waals surface area contributed by atoms with E-state index in [2.05, 4.69) is 10.3 Å². The van der Waals surface area contributed by atoms with Crippen LogP contribution in [0.2, 0.25) is 0 Å². The third-order valence-electron chi connectivity index (χ3n) is 3.43. The van der Waals surface area contributed by atoms with Crippen molar-refractivity contribution in [3.8, 4) is 5.69 Å². The molecule has 0 saturated carbocycles. The number of aliphatic hydroxyl groups is 1. The summed E-state index contributed by atoms with van der Waals surface area (Å²) in [6.07, 6.45) is 1.82. The van der Waals surface area contributed by atoms with E-state index in [1.165, 1.54) is 0 Å². The number of benzene rings is 1. The summed E-state index contributed by atoms with van der Waals surface area (Å²) < 4.78 is 1.59. The number of β-amino-alcohol motifs (C(OH)–C–C–N with tert-alkyl or cyclic N) is 1. The minimum atomic E-state index is -0.425. The highest BCUT2D eigenvalue weighted by molar-refractivity contribution is 5.92. The van der Waals surface area contributed by atoms with E-state index >= 15 is 0 Å². The SMILES string of the molecule is Cc1cccc(-n2cc(C(=O)N3CC[C@@H](O)C3)nn2)c1. The first kappa shape index (κ1) is 12.8. The maximum atomic E-state index is 12.2. The van der Waals surface area contributed by atoms with Crippen LogP contribution in [0.4, 0.5) is 0 Å². The van der Waals surface area contributed by atoms with E-state index in [1.807, 2.05) is 31.2 Å². The number of nitrogens with zero attached hydrogens (tertiary/aromatic N) is 4. The lowest BCUT2D eigenvalue weighted by Crippen LogP contribution is -2.29. The molecule has 1 saturated heterocycles. The zero-order valence-electron chi connectivity index (χ0n) is 11.2. The van der Waals surface area contributed by atoms with Crippen LogP contribution in [0.15, 0.2) is 30.5 Å². The van der Waals surface area contributed by atoms with E-state index in [0.717, 1.165) is 11.3 Å². The molecule has 1 aromatic carbocycles. The van der Waals surface area contributed by atoms with Crippen LogP contribution in [0.3, 0.4) is 0 Å². The molecular weight excluding hydrogens is 256 g/mol. The van der Waals surface area contributed by atoms with Gasteiger partial charge in [0.1, 0.15) is 0 Å². The van der Waals surface area contributed by atoms with E-state index in [4.69, 9.17) is 0 Å². The Kier molecular flexibility index (Phi) is 3.23. The molecule has 3 rings (SSSR count). The van der Waals surface area contributed by atoms with Gasteiger partial charge >= 0.3 is 0 Å². The van der Waals surface area contributed by atoms with Gasteiger partial charge in [0.25, 0.3) is 5.91 Å². The molecule has 20 heavy (non-hydrogen) atoms. The van der Waals surface area contributed by atoms with Crippen LogP contribution in [0.25, 0.3) is 5.69 Å². The molecule has 0 spiro atoms. The molecule has 1 N–H and O–H groups in total. The Morgan fingerprint density at radius 1 is 1.45 bits per heavy atom. The molecule has 0 unspecified atom stereocenters. The van der Waals surface area contributed by atoms with Crippen molar-refractivity contribution in [3.63, 3.8) is 0 Å². The van der Waals surface area contributed by atoms with Gasteiger partial charge in [-0.1, -0.05) is 17.3 Å². The molecule has 1 amide bonds. The van der Waals surface area contributed by atoms with Gasteiger partial charge in [-0.3, -0.25) is 4.79 Å². The van der Waals surface area contributed by atoms with Crippen LogP contribution in [0, 0.1) is 6.92 Å². The summed E-state index contributed by atoms with van der Waals surface area (Å²) >= 11 is 0. The molecule has 6 nitrogen and oxygen atoms in total. The fourth-order valence-corrected chi connectivity index (χ4v) is 2.35. The van der Waals surface area contributed by atoms with E-state index in [-0.39, 0.29) is 5.91 Å². The molecule has 1 aromatic heterocycles. The van der Waals surface area contributed by atoms with Crippen LogP contribution >= 0.6 is 0 Å². The average Bonchev–Trinajstić information content (AvgIpc) is 3.07. The van der Waals surface area contributed by atoms with Crippen molar-refractivity contribution in [1.29, 1.82) is 0 Å². The number of hydrogen-bond acceptors (Lipinski definition) is 4. The molecule has 0 aliphatic carbocycles. The van der Waals surface area contributed by atoms with Gasteiger partial charge in [0.05, 0.1) is 18.0 Å². The molecule has 1 aliphatic rings. The first-order valence-corrected chi connectivity index (χ1v) is 6.60. The monoisotopic (exact) mass is 272 g/mol. The Bertz CT molecular complexity index is 638. The number of carbonyl (C=O) groups is 1. The van der Waals surface area contributed by atoms with Gasteiger partial charge < -0.3 is 10.0 Å². The third-order valence-corrected chi connectivity index (χ3v) is 3.43. The summed E-state index contributed by atoms with van der Waals surface area (Å²) in [6.45, 7) is 2.94. The molecule has 0 radical (unpaired) electrons. The molecule has 2 aromatic rings. The van der Waals surface area contributed by atoms with Crippen molar-refractivity contribution < 1.29 is 9.90 Å². The summed E-state index contributed by atoms with van der Waals surface area (Å²) in [4.78, 5) is 13.8. The number of likely N-dealkylation sites (tertiary alicyclic amines) is 1. The summed E-state index contributed by atoms with van der Waals surface area (Å²) in [7, 11) is 0. The predicted octanol–water partition coefficient (Wildman–Crippen LogP) is 0.783. The Morgan fingerprint density at radius 2 is 2.30 bits per heavy atom. The number of hydrogen-bond donors (Lipinski definition) is 1. The topological polar surface area (TPSA) is 71.2 Å². The van der Waals surface area contributed by atoms with Gasteiger partial charge in [-0.25, -0.2) is 4.68 Å². The number of aryl methyl sites for hydroxylation is 1. The second kappa shape index (κ2) is 5.05. The lowest BCUT2D eigenvalue weighted by atomic mass is 10.2. The second-order valence-electron chi connectivity index (χ2n) is 5.08. The normalized spacial score (nSPS) is 18.5. The van der Waals surface area contributed by atoms with E-state index in [1.54, 1.807) is 15.8 Å². The molecule has 1 fully saturated rings. The molecule has 104 valence electrons. The number of amides is 1. The van der Waals surface area contributed by atoms with Gasteiger partial charge in [0.15, 0.2) is 5.69 Å². The number of rotatable bonds is 2. The molecule has 0 bridgehead atoms. The standard InChI is InChI=1S/C14H16N4O2/c1-10-3-2-4-11(7-10)18-9-13(15-16-18)14(20)17-6-5-12(19)8-17/h2-4,7,9,12,19H,5-6,8H2,1H3/t12-/m1/s1. The maximum Gasteiger partial charge on any atom is 0.276 e. The van der Waals surface area contributed by atoms with Crippen LogP contribution in [0.1, 0.15) is 22.5 Å². The number of aromatic nitrogens is 3. The van der Waals surface area contributed by atoms with Crippen LogP contribution < -0.4 is 0 Å².